The molecule has 1 heterocycles. The molecule has 0 aromatic heterocycles. The van der Waals surface area contributed by atoms with Crippen molar-refractivity contribution >= 4 is 11.9 Å². The highest BCUT2D eigenvalue weighted by Gasteiger charge is 2.28. The summed E-state index contributed by atoms with van der Waals surface area (Å²) in [5, 5.41) is 0. The van der Waals surface area contributed by atoms with Crippen LogP contribution in [0.5, 0.6) is 11.5 Å². The van der Waals surface area contributed by atoms with Gasteiger partial charge in [0, 0.05) is 12.2 Å². The van der Waals surface area contributed by atoms with Crippen LogP contribution in [0.25, 0.3) is 22.3 Å². The first kappa shape index (κ1) is 45.8. The number of benzene rings is 4. The molecule has 0 N–H and O–H groups in total. The molecule has 60 heavy (non-hydrogen) atoms. The predicted octanol–water partition coefficient (Wildman–Crippen LogP) is 10.6. The fourth-order valence-corrected chi connectivity index (χ4v) is 6.48. The van der Waals surface area contributed by atoms with Crippen molar-refractivity contribution < 1.29 is 47.5 Å². The number of rotatable bonds is 28. The maximum Gasteiger partial charge on any atom is 0.330 e. The molecule has 0 saturated carbocycles. The summed E-state index contributed by atoms with van der Waals surface area (Å²) >= 11 is 0. The van der Waals surface area contributed by atoms with E-state index in [1.807, 2.05) is 24.3 Å². The molecule has 1 aliphatic rings. The van der Waals surface area contributed by atoms with Crippen molar-refractivity contribution in [1.29, 1.82) is 0 Å². The lowest BCUT2D eigenvalue weighted by Crippen LogP contribution is -2.41. The second-order valence-electron chi connectivity index (χ2n) is 14.5. The largest absolute Gasteiger partial charge is 0.494 e. The highest BCUT2D eigenvalue weighted by atomic mass is 16.8. The number of hydrogen-bond acceptors (Lipinski definition) is 10. The highest BCUT2D eigenvalue weighted by molar-refractivity contribution is 5.81. The topological polar surface area (TPSA) is 108 Å². The molecule has 0 bridgehead atoms. The molecule has 0 unspecified atom stereocenters. The van der Waals surface area contributed by atoms with E-state index in [1.165, 1.54) is 12.2 Å². The van der Waals surface area contributed by atoms with E-state index < -0.39 is 12.6 Å². The quantitative estimate of drug-likeness (QED) is 0.0312. The zero-order chi connectivity index (χ0) is 42.0. The van der Waals surface area contributed by atoms with Gasteiger partial charge in [0.2, 0.25) is 12.6 Å². The molecule has 1 aliphatic heterocycles. The number of hydrogen-bond donors (Lipinski definition) is 0. The molecular formula is C50H60O10. The van der Waals surface area contributed by atoms with Crippen LogP contribution < -0.4 is 9.47 Å². The molecule has 4 aromatic carbocycles. The van der Waals surface area contributed by atoms with Crippen LogP contribution in [0.4, 0.5) is 0 Å². The number of ether oxygens (including phenoxy) is 8. The van der Waals surface area contributed by atoms with Crippen LogP contribution in [0.2, 0.25) is 0 Å². The molecule has 0 amide bonds. The summed E-state index contributed by atoms with van der Waals surface area (Å²) in [6, 6.07) is 32.9. The molecule has 4 aromatic rings. The van der Waals surface area contributed by atoms with Gasteiger partial charge in [0.1, 0.15) is 11.5 Å². The number of esters is 2. The van der Waals surface area contributed by atoms with Crippen molar-refractivity contribution in [2.24, 2.45) is 0 Å². The first-order valence-corrected chi connectivity index (χ1v) is 21.2. The minimum atomic E-state index is -0.638. The van der Waals surface area contributed by atoms with E-state index in [0.29, 0.717) is 52.9 Å². The van der Waals surface area contributed by atoms with E-state index in [2.05, 4.69) is 86.0 Å². The lowest BCUT2D eigenvalue weighted by atomic mass is 10.0. The van der Waals surface area contributed by atoms with Crippen LogP contribution >= 0.6 is 0 Å². The number of carbonyl (C=O) groups excluding carboxylic acids is 2. The van der Waals surface area contributed by atoms with Gasteiger partial charge in [-0.15, -0.1) is 0 Å². The van der Waals surface area contributed by atoms with E-state index in [0.717, 1.165) is 109 Å². The Labute approximate surface area is 355 Å². The first-order valence-electron chi connectivity index (χ1n) is 21.2. The van der Waals surface area contributed by atoms with Crippen LogP contribution in [0.1, 0.15) is 75.3 Å². The highest BCUT2D eigenvalue weighted by Crippen LogP contribution is 2.26. The molecule has 1 saturated heterocycles. The Morgan fingerprint density at radius 1 is 0.467 bits per heavy atom. The van der Waals surface area contributed by atoms with Gasteiger partial charge in [0.15, 0.2) is 0 Å². The average Bonchev–Trinajstić information content (AvgIpc) is 3.30. The minimum absolute atomic E-state index is 0.361. The molecule has 0 spiro atoms. The summed E-state index contributed by atoms with van der Waals surface area (Å²) in [6.07, 6.45) is 11.2. The standard InChI is InChI=1S/C50H60O10/c1-3-47(51)55-33-13-9-5-7-11-31-53-45-27-23-43(24-28-45)41-19-15-39(16-20-41)37-59-49-50(58-36-35-57-49)60-38-40-17-21-42(22-18-40)44-25-29-46(30-26-44)54-32-12-8-6-10-14-34-56-48(52)4-2/h3-4,15-30,49-50H,1-2,5-14,31-38H2/t49-,50-/m1/s1. The summed E-state index contributed by atoms with van der Waals surface area (Å²) < 4.78 is 46.0. The second-order valence-corrected chi connectivity index (χ2v) is 14.5. The van der Waals surface area contributed by atoms with Gasteiger partial charge >= 0.3 is 11.9 Å². The summed E-state index contributed by atoms with van der Waals surface area (Å²) in [7, 11) is 0. The van der Waals surface area contributed by atoms with Crippen molar-refractivity contribution in [1.82, 2.24) is 0 Å². The molecule has 0 radical (unpaired) electrons. The van der Waals surface area contributed by atoms with Gasteiger partial charge in [0.25, 0.3) is 0 Å². The van der Waals surface area contributed by atoms with Crippen molar-refractivity contribution in [2.45, 2.75) is 90.0 Å². The molecule has 5 rings (SSSR count). The van der Waals surface area contributed by atoms with Crippen LogP contribution in [0.3, 0.4) is 0 Å². The lowest BCUT2D eigenvalue weighted by Gasteiger charge is -2.31. The zero-order valence-corrected chi connectivity index (χ0v) is 34.8. The fourth-order valence-electron chi connectivity index (χ4n) is 6.48. The average molecular weight is 821 g/mol. The van der Waals surface area contributed by atoms with E-state index in [4.69, 9.17) is 37.9 Å². The van der Waals surface area contributed by atoms with Crippen molar-refractivity contribution in [3.05, 3.63) is 133 Å². The van der Waals surface area contributed by atoms with Gasteiger partial charge in [-0.1, -0.05) is 124 Å². The number of unbranched alkanes of at least 4 members (excludes halogenated alkanes) is 8. The normalized spacial score (nSPS) is 14.9. The molecule has 320 valence electrons. The summed E-state index contributed by atoms with van der Waals surface area (Å²) in [5.74, 6) is 0.991. The molecule has 2 atom stereocenters. The summed E-state index contributed by atoms with van der Waals surface area (Å²) in [4.78, 5) is 22.1. The second kappa shape index (κ2) is 26.8. The zero-order valence-electron chi connectivity index (χ0n) is 34.8. The third kappa shape index (κ3) is 16.8. The Morgan fingerprint density at radius 2 is 0.783 bits per heavy atom. The SMILES string of the molecule is C=CC(=O)OCCCCCCCOc1ccc(-c2ccc(CO[C@H]3OCCO[C@@H]3OCc3ccc(-c4ccc(OCCCCCCCOC(=O)C=C)cc4)cc3)cc2)cc1. The Balaban J connectivity index is 0.958. The maximum absolute atomic E-state index is 11.1. The maximum atomic E-state index is 11.1. The number of carbonyl (C=O) groups is 2. The third-order valence-corrected chi connectivity index (χ3v) is 9.92. The van der Waals surface area contributed by atoms with Crippen LogP contribution in [0.15, 0.2) is 122 Å². The Morgan fingerprint density at radius 3 is 1.13 bits per heavy atom. The Bertz CT molecular complexity index is 1700. The van der Waals surface area contributed by atoms with E-state index >= 15 is 0 Å². The Kier molecular flexibility index (Phi) is 20.4. The predicted molar refractivity (Wildman–Crippen MR) is 232 cm³/mol. The van der Waals surface area contributed by atoms with Crippen LogP contribution in [-0.4, -0.2) is 64.2 Å². The van der Waals surface area contributed by atoms with Crippen molar-refractivity contribution in [3.63, 3.8) is 0 Å². The van der Waals surface area contributed by atoms with Gasteiger partial charge in [0.05, 0.1) is 52.9 Å². The molecule has 10 heteroatoms. The third-order valence-electron chi connectivity index (χ3n) is 9.92. The first-order chi connectivity index (χ1) is 29.5. The van der Waals surface area contributed by atoms with Crippen molar-refractivity contribution in [3.8, 4) is 33.8 Å². The van der Waals surface area contributed by atoms with Gasteiger partial charge < -0.3 is 37.9 Å². The Hall–Kier alpha value is -5.26. The van der Waals surface area contributed by atoms with Gasteiger partial charge in [-0.2, -0.15) is 0 Å². The van der Waals surface area contributed by atoms with E-state index in [-0.39, 0.29) is 11.9 Å². The van der Waals surface area contributed by atoms with Crippen LogP contribution in [-0.2, 0) is 51.2 Å². The summed E-state index contributed by atoms with van der Waals surface area (Å²) in [6.45, 7) is 10.6. The lowest BCUT2D eigenvalue weighted by molar-refractivity contribution is -0.326. The monoisotopic (exact) mass is 820 g/mol. The van der Waals surface area contributed by atoms with E-state index in [1.54, 1.807) is 0 Å². The molecule has 10 nitrogen and oxygen atoms in total. The van der Waals surface area contributed by atoms with Gasteiger partial charge in [-0.25, -0.2) is 9.59 Å². The van der Waals surface area contributed by atoms with Crippen LogP contribution in [0, 0.1) is 0 Å². The van der Waals surface area contributed by atoms with Gasteiger partial charge in [-0.05, 0) is 83.3 Å². The fraction of sp³-hybridized carbons (Fsp3) is 0.400. The molecule has 1 fully saturated rings. The van der Waals surface area contributed by atoms with Crippen molar-refractivity contribution in [2.75, 3.05) is 39.6 Å². The van der Waals surface area contributed by atoms with E-state index in [9.17, 15) is 9.59 Å². The summed E-state index contributed by atoms with van der Waals surface area (Å²) in [5.41, 5.74) is 6.48. The minimum Gasteiger partial charge on any atom is -0.494 e. The molecule has 0 aliphatic carbocycles. The van der Waals surface area contributed by atoms with Gasteiger partial charge in [-0.3, -0.25) is 0 Å². The smallest absolute Gasteiger partial charge is 0.330 e. The molecular weight excluding hydrogens is 761 g/mol.